The van der Waals surface area contributed by atoms with E-state index < -0.39 is 5.97 Å². The zero-order chi connectivity index (χ0) is 19.1. The maximum Gasteiger partial charge on any atom is 0.335 e. The summed E-state index contributed by atoms with van der Waals surface area (Å²) in [6, 6.07) is 17.0. The summed E-state index contributed by atoms with van der Waals surface area (Å²) in [5.41, 5.74) is 10.8. The Bertz CT molecular complexity index is 955. The second-order valence-corrected chi connectivity index (χ2v) is 6.67. The van der Waals surface area contributed by atoms with Crippen LogP contribution in [0.15, 0.2) is 66.4 Å². The second-order valence-electron chi connectivity index (χ2n) is 6.67. The Balaban J connectivity index is 0.000000156. The molecule has 0 bridgehead atoms. The molecule has 3 aromatic rings. The van der Waals surface area contributed by atoms with Gasteiger partial charge < -0.3 is 10.8 Å². The largest absolute Gasteiger partial charge is 0.478 e. The lowest BCUT2D eigenvalue weighted by Crippen LogP contribution is -1.95. The van der Waals surface area contributed by atoms with E-state index in [0.29, 0.717) is 12.1 Å². The van der Waals surface area contributed by atoms with E-state index in [1.165, 1.54) is 36.8 Å². The number of nitrogens with two attached hydrogens (primary N) is 1. The van der Waals surface area contributed by atoms with Crippen LogP contribution >= 0.6 is 0 Å². The molecule has 4 rings (SSSR count). The minimum absolute atomic E-state index is 0.292. The third-order valence-electron chi connectivity index (χ3n) is 4.65. The van der Waals surface area contributed by atoms with Crippen LogP contribution in [0.25, 0.3) is 17.0 Å². The minimum atomic E-state index is -0.911. The Kier molecular flexibility index (Phi) is 6.34. The van der Waals surface area contributed by atoms with Crippen molar-refractivity contribution in [3.8, 4) is 0 Å². The summed E-state index contributed by atoms with van der Waals surface area (Å²) in [4.78, 5) is 14.7. The van der Waals surface area contributed by atoms with E-state index in [4.69, 9.17) is 10.8 Å². The molecular formula is C23H24N2O2. The number of fused-ring (bicyclic) bond motifs is 1. The van der Waals surface area contributed by atoms with E-state index in [-0.39, 0.29) is 0 Å². The number of nitrogens with zero attached hydrogens (tertiary/aromatic N) is 1. The molecule has 1 aliphatic rings. The van der Waals surface area contributed by atoms with E-state index in [1.54, 1.807) is 36.0 Å². The molecule has 0 aliphatic heterocycles. The van der Waals surface area contributed by atoms with Crippen molar-refractivity contribution in [2.45, 2.75) is 32.2 Å². The van der Waals surface area contributed by atoms with Crippen LogP contribution < -0.4 is 5.73 Å². The highest BCUT2D eigenvalue weighted by Gasteiger charge is 2.06. The molecule has 27 heavy (non-hydrogen) atoms. The lowest BCUT2D eigenvalue weighted by atomic mass is 10.1. The van der Waals surface area contributed by atoms with E-state index in [2.05, 4.69) is 35.3 Å². The van der Waals surface area contributed by atoms with Crippen molar-refractivity contribution in [2.75, 3.05) is 0 Å². The van der Waals surface area contributed by atoms with E-state index >= 15 is 0 Å². The molecule has 0 radical (unpaired) electrons. The van der Waals surface area contributed by atoms with Gasteiger partial charge in [-0.15, -0.1) is 0 Å². The van der Waals surface area contributed by atoms with Gasteiger partial charge in [-0.25, -0.2) is 4.79 Å². The van der Waals surface area contributed by atoms with Gasteiger partial charge in [-0.05, 0) is 61.1 Å². The molecule has 1 fully saturated rings. The zero-order valence-electron chi connectivity index (χ0n) is 15.3. The van der Waals surface area contributed by atoms with Crippen molar-refractivity contribution in [1.82, 2.24) is 4.98 Å². The third-order valence-corrected chi connectivity index (χ3v) is 4.65. The van der Waals surface area contributed by atoms with Crippen LogP contribution in [0.1, 0.15) is 47.2 Å². The lowest BCUT2D eigenvalue weighted by Gasteiger charge is -2.00. The first-order valence-electron chi connectivity index (χ1n) is 9.22. The van der Waals surface area contributed by atoms with Gasteiger partial charge in [0.25, 0.3) is 0 Å². The van der Waals surface area contributed by atoms with Crippen LogP contribution in [0.4, 0.5) is 0 Å². The van der Waals surface area contributed by atoms with E-state index in [9.17, 15) is 4.79 Å². The monoisotopic (exact) mass is 360 g/mol. The highest BCUT2D eigenvalue weighted by Crippen LogP contribution is 2.26. The first-order chi connectivity index (χ1) is 13.2. The average Bonchev–Trinajstić information content (AvgIpc) is 3.21. The first kappa shape index (κ1) is 18.8. The van der Waals surface area contributed by atoms with Crippen molar-refractivity contribution in [2.24, 2.45) is 5.73 Å². The Labute approximate surface area is 159 Å². The normalized spacial score (nSPS) is 13.1. The van der Waals surface area contributed by atoms with Crippen LogP contribution in [-0.4, -0.2) is 16.1 Å². The molecule has 4 heteroatoms. The summed E-state index contributed by atoms with van der Waals surface area (Å²) >= 11 is 0. The van der Waals surface area contributed by atoms with Crippen LogP contribution in [0.3, 0.4) is 0 Å². The molecule has 1 aromatic heterocycles. The summed E-state index contributed by atoms with van der Waals surface area (Å²) in [6.45, 7) is 0.636. The lowest BCUT2D eigenvalue weighted by molar-refractivity contribution is 0.0697. The van der Waals surface area contributed by atoms with Crippen molar-refractivity contribution in [1.29, 1.82) is 0 Å². The van der Waals surface area contributed by atoms with Crippen LogP contribution in [-0.2, 0) is 6.54 Å². The van der Waals surface area contributed by atoms with Crippen LogP contribution in [0, 0.1) is 0 Å². The quantitative estimate of drug-likeness (QED) is 0.686. The predicted molar refractivity (Wildman–Crippen MR) is 109 cm³/mol. The summed E-state index contributed by atoms with van der Waals surface area (Å²) < 4.78 is 0. The number of carbonyl (C=O) groups is 1. The maximum absolute atomic E-state index is 10.6. The highest BCUT2D eigenvalue weighted by molar-refractivity contribution is 5.93. The molecule has 1 heterocycles. The van der Waals surface area contributed by atoms with Gasteiger partial charge >= 0.3 is 5.97 Å². The molecule has 1 aliphatic carbocycles. The molecule has 0 saturated heterocycles. The molecule has 0 spiro atoms. The van der Waals surface area contributed by atoms with Crippen LogP contribution in [0.2, 0.25) is 0 Å². The number of benzene rings is 2. The maximum atomic E-state index is 10.6. The minimum Gasteiger partial charge on any atom is -0.478 e. The Hall–Kier alpha value is -2.98. The predicted octanol–water partition coefficient (Wildman–Crippen LogP) is 5.04. The van der Waals surface area contributed by atoms with Crippen LogP contribution in [0.5, 0.6) is 0 Å². The Morgan fingerprint density at radius 1 is 1.07 bits per heavy atom. The van der Waals surface area contributed by atoms with Gasteiger partial charge in [-0.3, -0.25) is 4.98 Å². The average molecular weight is 360 g/mol. The van der Waals surface area contributed by atoms with E-state index in [1.807, 2.05) is 6.07 Å². The van der Waals surface area contributed by atoms with Gasteiger partial charge in [0.05, 0.1) is 11.1 Å². The Morgan fingerprint density at radius 2 is 1.89 bits per heavy atom. The number of carboxylic acids is 1. The van der Waals surface area contributed by atoms with Gasteiger partial charge in [0.15, 0.2) is 0 Å². The smallest absolute Gasteiger partial charge is 0.335 e. The van der Waals surface area contributed by atoms with Crippen molar-refractivity contribution in [3.05, 3.63) is 83.1 Å². The zero-order valence-corrected chi connectivity index (χ0v) is 15.3. The summed E-state index contributed by atoms with van der Waals surface area (Å²) in [6.07, 6.45) is 9.31. The van der Waals surface area contributed by atoms with Gasteiger partial charge in [0.2, 0.25) is 0 Å². The number of aromatic carboxylic acids is 1. The van der Waals surface area contributed by atoms with Gasteiger partial charge in [-0.1, -0.05) is 42.0 Å². The van der Waals surface area contributed by atoms with Gasteiger partial charge in [0.1, 0.15) is 0 Å². The molecule has 0 unspecified atom stereocenters. The number of hydrogen-bond donors (Lipinski definition) is 2. The molecule has 0 atom stereocenters. The number of allylic oxidation sites excluding steroid dienone is 1. The summed E-state index contributed by atoms with van der Waals surface area (Å²) in [5, 5.41) is 9.57. The number of hydrogen-bond acceptors (Lipinski definition) is 3. The van der Waals surface area contributed by atoms with Gasteiger partial charge in [-0.2, -0.15) is 0 Å². The molecule has 1 saturated carbocycles. The molecular weight excluding hydrogens is 336 g/mol. The summed E-state index contributed by atoms with van der Waals surface area (Å²) in [7, 11) is 0. The molecule has 4 nitrogen and oxygen atoms in total. The topological polar surface area (TPSA) is 76.2 Å². The second kappa shape index (κ2) is 9.10. The number of carboxylic acid groups (broad SMARTS) is 1. The Morgan fingerprint density at radius 3 is 2.63 bits per heavy atom. The van der Waals surface area contributed by atoms with E-state index in [0.717, 1.165) is 10.9 Å². The summed E-state index contributed by atoms with van der Waals surface area (Å²) in [5.74, 6) is -0.911. The highest BCUT2D eigenvalue weighted by atomic mass is 16.4. The molecule has 3 N–H and O–H groups in total. The standard InChI is InChI=1S/C13H17N.C10H7NO2/c14-10-13-7-3-6-12(9-13)8-11-4-1-2-5-11;12-10(13)8-3-4-9-7(6-8)2-1-5-11-9/h3,6-9H,1-2,4-5,10,14H2;1-6H,(H,12,13). The SMILES string of the molecule is NCc1cccc(C=C2CCCC2)c1.O=C(O)c1ccc2ncccc2c1. The number of aromatic nitrogens is 1. The van der Waals surface area contributed by atoms with Gasteiger partial charge in [0, 0.05) is 18.1 Å². The number of pyridine rings is 1. The molecule has 138 valence electrons. The first-order valence-corrected chi connectivity index (χ1v) is 9.22. The fourth-order valence-electron chi connectivity index (χ4n) is 3.23. The third kappa shape index (κ3) is 5.25. The van der Waals surface area contributed by atoms with Crippen molar-refractivity contribution in [3.63, 3.8) is 0 Å². The molecule has 0 amide bonds. The van der Waals surface area contributed by atoms with Crippen molar-refractivity contribution >= 4 is 22.9 Å². The van der Waals surface area contributed by atoms with Crippen molar-refractivity contribution < 1.29 is 9.90 Å². The number of rotatable bonds is 3. The fraction of sp³-hybridized carbons (Fsp3) is 0.217. The fourth-order valence-corrected chi connectivity index (χ4v) is 3.23. The molecule has 2 aromatic carbocycles.